The van der Waals surface area contributed by atoms with Crippen molar-refractivity contribution >= 4 is 29.2 Å². The average molecular weight is 263 g/mol. The van der Waals surface area contributed by atoms with Crippen LogP contribution < -0.4 is 16.0 Å². The second-order valence-electron chi connectivity index (χ2n) is 2.60. The van der Waals surface area contributed by atoms with Crippen molar-refractivity contribution in [3.05, 3.63) is 23.2 Å². The molecule has 0 aromatic heterocycles. The molecule has 17 heavy (non-hydrogen) atoms. The van der Waals surface area contributed by atoms with Gasteiger partial charge in [-0.05, 0) is 12.1 Å². The third-order valence-electron chi connectivity index (χ3n) is 1.51. The van der Waals surface area contributed by atoms with Crippen molar-refractivity contribution < 1.29 is 24.5 Å². The molecule has 0 saturated carbocycles. The lowest BCUT2D eigenvalue weighted by atomic mass is 10.3. The van der Waals surface area contributed by atoms with Crippen LogP contribution in [0.3, 0.4) is 0 Å². The molecule has 5 N–H and O–H groups in total. The van der Waals surface area contributed by atoms with Gasteiger partial charge in [0.1, 0.15) is 5.75 Å². The van der Waals surface area contributed by atoms with E-state index in [1.807, 2.05) is 0 Å². The number of carbonyl (C=O) groups is 2. The van der Waals surface area contributed by atoms with Gasteiger partial charge in [0, 0.05) is 6.07 Å². The van der Waals surface area contributed by atoms with Gasteiger partial charge in [0.2, 0.25) is 0 Å². The molecule has 1 rings (SSSR count). The van der Waals surface area contributed by atoms with E-state index in [0.717, 1.165) is 5.75 Å². The lowest BCUT2D eigenvalue weighted by Gasteiger charge is -2.04. The Morgan fingerprint density at radius 1 is 1.35 bits per heavy atom. The third-order valence-corrected chi connectivity index (χ3v) is 1.84. The molecule has 0 radical (unpaired) electrons. The van der Waals surface area contributed by atoms with E-state index in [1.54, 1.807) is 25.3 Å². The summed E-state index contributed by atoms with van der Waals surface area (Å²) in [4.78, 5) is 18.2. The van der Waals surface area contributed by atoms with Gasteiger partial charge in [0.15, 0.2) is 0 Å². The number of anilines is 1. The Morgan fingerprint density at radius 2 is 1.88 bits per heavy atom. The standard InChI is InChI=1S/C7H9ClN2O.C2H2O4/c1-11-5-2-3-6(8)7(4-5)10-9;3-1(4)2(5)6/h2-4,10H,9H2,1H3;(H,3,4)(H,5,6). The number of hydrogen-bond acceptors (Lipinski definition) is 5. The highest BCUT2D eigenvalue weighted by molar-refractivity contribution is 6.33. The molecule has 0 spiro atoms. The number of carboxylic acid groups (broad SMARTS) is 2. The summed E-state index contributed by atoms with van der Waals surface area (Å²) < 4.78 is 4.96. The molecule has 0 bridgehead atoms. The predicted octanol–water partition coefficient (Wildman–Crippen LogP) is 0.790. The Kier molecular flexibility index (Phi) is 6.46. The van der Waals surface area contributed by atoms with Gasteiger partial charge >= 0.3 is 11.9 Å². The average Bonchev–Trinajstić information content (AvgIpc) is 2.30. The topological polar surface area (TPSA) is 122 Å². The molecule has 0 saturated heterocycles. The molecular weight excluding hydrogens is 252 g/mol. The lowest BCUT2D eigenvalue weighted by Crippen LogP contribution is -2.09. The summed E-state index contributed by atoms with van der Waals surface area (Å²) in [5, 5.41) is 15.4. The van der Waals surface area contributed by atoms with Crippen LogP contribution in [0.4, 0.5) is 5.69 Å². The van der Waals surface area contributed by atoms with E-state index in [1.165, 1.54) is 0 Å². The van der Waals surface area contributed by atoms with E-state index in [4.69, 9.17) is 42.0 Å². The van der Waals surface area contributed by atoms with Crippen LogP contribution in [-0.2, 0) is 9.59 Å². The van der Waals surface area contributed by atoms with Gasteiger partial charge in [-0.3, -0.25) is 5.84 Å². The van der Waals surface area contributed by atoms with Crippen molar-refractivity contribution in [1.82, 2.24) is 0 Å². The molecule has 7 nitrogen and oxygen atoms in total. The molecule has 1 aromatic rings. The van der Waals surface area contributed by atoms with Crippen LogP contribution in [0.2, 0.25) is 5.02 Å². The number of hydrazine groups is 1. The van der Waals surface area contributed by atoms with Crippen LogP contribution in [0.15, 0.2) is 18.2 Å². The maximum Gasteiger partial charge on any atom is 0.414 e. The van der Waals surface area contributed by atoms with Gasteiger partial charge in [-0.2, -0.15) is 0 Å². The number of hydrogen-bond donors (Lipinski definition) is 4. The molecule has 0 aliphatic carbocycles. The molecular formula is C9H11ClN2O5. The monoisotopic (exact) mass is 262 g/mol. The number of nitrogens with one attached hydrogen (secondary N) is 1. The van der Waals surface area contributed by atoms with Gasteiger partial charge in [0.05, 0.1) is 17.8 Å². The minimum Gasteiger partial charge on any atom is -0.497 e. The number of nitrogen functional groups attached to an aromatic ring is 1. The van der Waals surface area contributed by atoms with Crippen LogP contribution in [0.1, 0.15) is 0 Å². The van der Waals surface area contributed by atoms with Crippen LogP contribution >= 0.6 is 11.6 Å². The molecule has 0 amide bonds. The van der Waals surface area contributed by atoms with Crippen LogP contribution in [0.5, 0.6) is 5.75 Å². The van der Waals surface area contributed by atoms with Gasteiger partial charge in [0.25, 0.3) is 0 Å². The number of carboxylic acids is 2. The number of halogens is 1. The highest BCUT2D eigenvalue weighted by Gasteiger charge is 2.04. The number of nitrogens with two attached hydrogens (primary N) is 1. The molecule has 0 fully saturated rings. The summed E-state index contributed by atoms with van der Waals surface area (Å²) in [7, 11) is 1.59. The van der Waals surface area contributed by atoms with Gasteiger partial charge in [-0.15, -0.1) is 0 Å². The van der Waals surface area contributed by atoms with E-state index in [9.17, 15) is 0 Å². The third kappa shape index (κ3) is 5.59. The number of ether oxygens (including phenoxy) is 1. The number of rotatable bonds is 2. The zero-order valence-corrected chi connectivity index (χ0v) is 9.56. The van der Waals surface area contributed by atoms with E-state index < -0.39 is 11.9 Å². The normalized spacial score (nSPS) is 8.65. The molecule has 0 aliphatic rings. The van der Waals surface area contributed by atoms with Gasteiger partial charge in [-0.25, -0.2) is 9.59 Å². The largest absolute Gasteiger partial charge is 0.497 e. The minimum absolute atomic E-state index is 0.577. The summed E-state index contributed by atoms with van der Waals surface area (Å²) in [6.07, 6.45) is 0. The Bertz CT molecular complexity index is 398. The number of aliphatic carboxylic acids is 2. The van der Waals surface area contributed by atoms with Crippen molar-refractivity contribution in [2.75, 3.05) is 12.5 Å². The first-order valence-electron chi connectivity index (χ1n) is 4.18. The maximum absolute atomic E-state index is 9.10. The first-order chi connectivity index (χ1) is 7.92. The maximum atomic E-state index is 9.10. The van der Waals surface area contributed by atoms with Crippen molar-refractivity contribution in [1.29, 1.82) is 0 Å². The summed E-state index contributed by atoms with van der Waals surface area (Å²) in [5.74, 6) is 2.26. The number of methoxy groups -OCH3 is 1. The fraction of sp³-hybridized carbons (Fsp3) is 0.111. The molecule has 94 valence electrons. The van der Waals surface area contributed by atoms with Gasteiger partial charge < -0.3 is 20.4 Å². The molecule has 1 aromatic carbocycles. The zero-order chi connectivity index (χ0) is 13.4. The van der Waals surface area contributed by atoms with Crippen molar-refractivity contribution in [2.45, 2.75) is 0 Å². The Labute approximate surface area is 102 Å². The molecule has 8 heteroatoms. The van der Waals surface area contributed by atoms with Crippen molar-refractivity contribution in [2.24, 2.45) is 5.84 Å². The highest BCUT2D eigenvalue weighted by atomic mass is 35.5. The summed E-state index contributed by atoms with van der Waals surface area (Å²) in [5.41, 5.74) is 3.12. The van der Waals surface area contributed by atoms with Crippen molar-refractivity contribution in [3.63, 3.8) is 0 Å². The zero-order valence-electron chi connectivity index (χ0n) is 8.81. The van der Waals surface area contributed by atoms with Crippen molar-refractivity contribution in [3.8, 4) is 5.75 Å². The molecule has 0 heterocycles. The van der Waals surface area contributed by atoms with Crippen LogP contribution in [0, 0.1) is 0 Å². The molecule has 0 aliphatic heterocycles. The van der Waals surface area contributed by atoms with Crippen LogP contribution in [0.25, 0.3) is 0 Å². The Hall–Kier alpha value is -1.99. The van der Waals surface area contributed by atoms with E-state index in [2.05, 4.69) is 5.43 Å². The molecule has 0 atom stereocenters. The van der Waals surface area contributed by atoms with Crippen LogP contribution in [-0.4, -0.2) is 29.3 Å². The summed E-state index contributed by atoms with van der Waals surface area (Å²) >= 11 is 5.76. The fourth-order valence-electron chi connectivity index (χ4n) is 0.742. The summed E-state index contributed by atoms with van der Waals surface area (Å²) in [6, 6.07) is 5.21. The predicted molar refractivity (Wildman–Crippen MR) is 61.1 cm³/mol. The summed E-state index contributed by atoms with van der Waals surface area (Å²) in [6.45, 7) is 0. The first kappa shape index (κ1) is 15.0. The van der Waals surface area contributed by atoms with E-state index in [0.29, 0.717) is 10.7 Å². The smallest absolute Gasteiger partial charge is 0.414 e. The van der Waals surface area contributed by atoms with E-state index >= 15 is 0 Å². The Morgan fingerprint density at radius 3 is 2.24 bits per heavy atom. The van der Waals surface area contributed by atoms with E-state index in [-0.39, 0.29) is 0 Å². The second-order valence-corrected chi connectivity index (χ2v) is 3.01. The lowest BCUT2D eigenvalue weighted by molar-refractivity contribution is -0.159. The first-order valence-corrected chi connectivity index (χ1v) is 4.56. The quantitative estimate of drug-likeness (QED) is 0.353. The number of benzene rings is 1. The van der Waals surface area contributed by atoms with Gasteiger partial charge in [-0.1, -0.05) is 11.6 Å². The second kappa shape index (κ2) is 7.31. The highest BCUT2D eigenvalue weighted by Crippen LogP contribution is 2.25. The molecule has 0 unspecified atom stereocenters. The SMILES string of the molecule is COc1ccc(Cl)c(NN)c1.O=C(O)C(=O)O. The fourth-order valence-corrected chi connectivity index (χ4v) is 0.914. The Balaban J connectivity index is 0.000000366. The minimum atomic E-state index is -1.82.